The molecule has 1 aliphatic rings. The summed E-state index contributed by atoms with van der Waals surface area (Å²) in [5.74, 6) is 1.58. The molecular formula is C25H47N. The lowest BCUT2D eigenvalue weighted by Gasteiger charge is -2.26. The Hall–Kier alpha value is -0.560. The molecule has 0 atom stereocenters. The van der Waals surface area contributed by atoms with Crippen molar-refractivity contribution in [2.45, 2.75) is 106 Å². The van der Waals surface area contributed by atoms with Crippen molar-refractivity contribution in [3.63, 3.8) is 0 Å². The van der Waals surface area contributed by atoms with Crippen LogP contribution in [0.5, 0.6) is 0 Å². The molecule has 0 unspecified atom stereocenters. The molecule has 0 aromatic carbocycles. The lowest BCUT2D eigenvalue weighted by Crippen LogP contribution is -2.27. The standard InChI is InChI=1S/C25H47N/c1-7-13-18-26(19-14-8-2)20-17-23-15-16-24(21(9-3)10-4)25(23)22(11-5)12-6/h15,21-22H,7-14,16-20H2,1-6H3. The summed E-state index contributed by atoms with van der Waals surface area (Å²) in [6.45, 7) is 18.0. The van der Waals surface area contributed by atoms with E-state index in [9.17, 15) is 0 Å². The zero-order chi connectivity index (χ0) is 19.4. The van der Waals surface area contributed by atoms with Crippen LogP contribution < -0.4 is 0 Å². The second-order valence-electron chi connectivity index (χ2n) is 8.20. The quantitative estimate of drug-likeness (QED) is 0.288. The Kier molecular flexibility index (Phi) is 12.3. The molecule has 0 aromatic rings. The van der Waals surface area contributed by atoms with Gasteiger partial charge in [-0.2, -0.15) is 0 Å². The van der Waals surface area contributed by atoms with Gasteiger partial charge in [0.25, 0.3) is 0 Å². The van der Waals surface area contributed by atoms with Crippen LogP contribution in [0.1, 0.15) is 106 Å². The lowest BCUT2D eigenvalue weighted by atomic mass is 9.81. The summed E-state index contributed by atoms with van der Waals surface area (Å²) in [6.07, 6.45) is 15.6. The monoisotopic (exact) mass is 361 g/mol. The Labute approximate surface area is 165 Å². The highest BCUT2D eigenvalue weighted by Crippen LogP contribution is 2.41. The van der Waals surface area contributed by atoms with E-state index in [0.29, 0.717) is 0 Å². The van der Waals surface area contributed by atoms with Crippen molar-refractivity contribution in [3.8, 4) is 0 Å². The van der Waals surface area contributed by atoms with E-state index in [1.54, 1.807) is 16.7 Å². The topological polar surface area (TPSA) is 3.24 Å². The van der Waals surface area contributed by atoms with Crippen LogP contribution in [0.2, 0.25) is 0 Å². The third kappa shape index (κ3) is 6.87. The number of nitrogens with zero attached hydrogens (tertiary/aromatic N) is 1. The fraction of sp³-hybridized carbons (Fsp3) is 0.840. The van der Waals surface area contributed by atoms with Crippen LogP contribution in [0.15, 0.2) is 22.8 Å². The van der Waals surface area contributed by atoms with Crippen LogP contribution in [0.25, 0.3) is 0 Å². The highest BCUT2D eigenvalue weighted by Gasteiger charge is 2.26. The van der Waals surface area contributed by atoms with Crippen LogP contribution in [0.4, 0.5) is 0 Å². The first-order valence-corrected chi connectivity index (χ1v) is 11.8. The number of hydrogen-bond donors (Lipinski definition) is 0. The maximum absolute atomic E-state index is 2.73. The van der Waals surface area contributed by atoms with Crippen LogP contribution >= 0.6 is 0 Å². The van der Waals surface area contributed by atoms with Gasteiger partial charge in [0.1, 0.15) is 0 Å². The molecule has 0 aliphatic heterocycles. The summed E-state index contributed by atoms with van der Waals surface area (Å²) in [7, 11) is 0. The summed E-state index contributed by atoms with van der Waals surface area (Å²) >= 11 is 0. The largest absolute Gasteiger partial charge is 0.303 e. The number of rotatable bonds is 15. The third-order valence-corrected chi connectivity index (χ3v) is 6.49. The van der Waals surface area contributed by atoms with Gasteiger partial charge in [-0.1, -0.05) is 66.0 Å². The van der Waals surface area contributed by atoms with E-state index in [1.165, 1.54) is 83.8 Å². The van der Waals surface area contributed by atoms with E-state index in [1.807, 2.05) is 0 Å². The maximum Gasteiger partial charge on any atom is 0.00218 e. The molecule has 0 spiro atoms. The van der Waals surface area contributed by atoms with Crippen molar-refractivity contribution in [3.05, 3.63) is 22.8 Å². The molecule has 0 N–H and O–H groups in total. The van der Waals surface area contributed by atoms with Crippen molar-refractivity contribution in [1.29, 1.82) is 0 Å². The molecule has 26 heavy (non-hydrogen) atoms. The Morgan fingerprint density at radius 1 is 0.769 bits per heavy atom. The number of unbranched alkanes of at least 4 members (excludes halogenated alkanes) is 2. The second kappa shape index (κ2) is 13.6. The molecule has 0 amide bonds. The SMILES string of the molecule is CCCCN(CCCC)CCC1=CCC(C(CC)CC)=C1C(CC)CC. The highest BCUT2D eigenvalue weighted by atomic mass is 15.1. The van der Waals surface area contributed by atoms with Gasteiger partial charge in [-0.25, -0.2) is 0 Å². The van der Waals surface area contributed by atoms with Gasteiger partial charge in [0, 0.05) is 6.54 Å². The predicted octanol–water partition coefficient (Wildman–Crippen LogP) is 7.78. The molecule has 0 saturated heterocycles. The number of allylic oxidation sites excluding steroid dienone is 3. The molecule has 0 heterocycles. The first-order valence-electron chi connectivity index (χ1n) is 11.8. The summed E-state index contributed by atoms with van der Waals surface area (Å²) in [6, 6.07) is 0. The molecule has 152 valence electrons. The van der Waals surface area contributed by atoms with Crippen molar-refractivity contribution in [2.24, 2.45) is 11.8 Å². The molecule has 0 aromatic heterocycles. The minimum Gasteiger partial charge on any atom is -0.303 e. The van der Waals surface area contributed by atoms with Crippen molar-refractivity contribution < 1.29 is 0 Å². The normalized spacial score (nSPS) is 15.0. The van der Waals surface area contributed by atoms with E-state index in [-0.39, 0.29) is 0 Å². The van der Waals surface area contributed by atoms with Gasteiger partial charge in [0.2, 0.25) is 0 Å². The fourth-order valence-electron chi connectivity index (χ4n) is 4.66. The van der Waals surface area contributed by atoms with E-state index < -0.39 is 0 Å². The first kappa shape index (κ1) is 23.5. The molecule has 1 aliphatic carbocycles. The van der Waals surface area contributed by atoms with Gasteiger partial charge in [-0.15, -0.1) is 0 Å². The molecule has 1 heteroatoms. The summed E-state index contributed by atoms with van der Waals surface area (Å²) < 4.78 is 0. The van der Waals surface area contributed by atoms with E-state index in [4.69, 9.17) is 0 Å². The Morgan fingerprint density at radius 2 is 1.31 bits per heavy atom. The van der Waals surface area contributed by atoms with Crippen molar-refractivity contribution in [1.82, 2.24) is 4.90 Å². The molecular weight excluding hydrogens is 314 g/mol. The second-order valence-corrected chi connectivity index (χ2v) is 8.20. The van der Waals surface area contributed by atoms with E-state index in [2.05, 4.69) is 52.5 Å². The minimum atomic E-state index is 0.777. The predicted molar refractivity (Wildman–Crippen MR) is 119 cm³/mol. The average molecular weight is 362 g/mol. The van der Waals surface area contributed by atoms with Gasteiger partial charge in [0.05, 0.1) is 0 Å². The highest BCUT2D eigenvalue weighted by molar-refractivity contribution is 5.45. The van der Waals surface area contributed by atoms with Crippen LogP contribution in [0, 0.1) is 11.8 Å². The van der Waals surface area contributed by atoms with Crippen molar-refractivity contribution >= 4 is 0 Å². The molecule has 1 rings (SSSR count). The summed E-state index contributed by atoms with van der Waals surface area (Å²) in [5.41, 5.74) is 5.29. The van der Waals surface area contributed by atoms with Crippen LogP contribution in [-0.4, -0.2) is 24.5 Å². The Morgan fingerprint density at radius 3 is 1.77 bits per heavy atom. The summed E-state index contributed by atoms with van der Waals surface area (Å²) in [5, 5.41) is 0. The molecule has 0 bridgehead atoms. The molecule has 0 saturated carbocycles. The third-order valence-electron chi connectivity index (χ3n) is 6.49. The van der Waals surface area contributed by atoms with Gasteiger partial charge in [-0.05, 0) is 87.4 Å². The van der Waals surface area contributed by atoms with Gasteiger partial charge in [-0.3, -0.25) is 0 Å². The zero-order valence-electron chi connectivity index (χ0n) is 18.9. The first-order chi connectivity index (χ1) is 12.7. The zero-order valence-corrected chi connectivity index (χ0v) is 18.9. The van der Waals surface area contributed by atoms with Gasteiger partial charge >= 0.3 is 0 Å². The minimum absolute atomic E-state index is 0.777. The lowest BCUT2D eigenvalue weighted by molar-refractivity contribution is 0.268. The average Bonchev–Trinajstić information content (AvgIpc) is 3.07. The number of hydrogen-bond acceptors (Lipinski definition) is 1. The maximum atomic E-state index is 2.73. The van der Waals surface area contributed by atoms with Crippen molar-refractivity contribution in [2.75, 3.05) is 19.6 Å². The summed E-state index contributed by atoms with van der Waals surface area (Å²) in [4.78, 5) is 2.73. The van der Waals surface area contributed by atoms with Gasteiger partial charge < -0.3 is 4.90 Å². The van der Waals surface area contributed by atoms with E-state index in [0.717, 1.165) is 11.8 Å². The molecule has 0 radical (unpaired) electrons. The smallest absolute Gasteiger partial charge is 0.00218 e. The van der Waals surface area contributed by atoms with Gasteiger partial charge in [0.15, 0.2) is 0 Å². The fourth-order valence-corrected chi connectivity index (χ4v) is 4.66. The Balaban J connectivity index is 2.87. The molecule has 1 nitrogen and oxygen atoms in total. The Bertz CT molecular complexity index is 415. The van der Waals surface area contributed by atoms with Crippen LogP contribution in [0.3, 0.4) is 0 Å². The van der Waals surface area contributed by atoms with E-state index >= 15 is 0 Å². The molecule has 0 fully saturated rings. The van der Waals surface area contributed by atoms with Crippen LogP contribution in [-0.2, 0) is 0 Å².